The molecule has 73 heavy (non-hydrogen) atoms. The molecule has 5 fully saturated rings. The third-order valence-corrected chi connectivity index (χ3v) is 21.2. The maximum Gasteiger partial charge on any atom is 0.335 e. The van der Waals surface area contributed by atoms with Gasteiger partial charge in [-0.1, -0.05) is 71.3 Å². The van der Waals surface area contributed by atoms with Crippen molar-refractivity contribution in [2.45, 2.75) is 195 Å². The lowest BCUT2D eigenvalue weighted by atomic mass is 9.33. The van der Waals surface area contributed by atoms with Crippen molar-refractivity contribution < 1.29 is 57.6 Å². The molecule has 0 spiro atoms. The zero-order valence-electron chi connectivity index (χ0n) is 45.8. The number of esters is 3. The summed E-state index contributed by atoms with van der Waals surface area (Å²) in [5.74, 6) is -0.0349. The number of ether oxygens (including phenoxy) is 5. The number of carbonyl (C=O) groups is 5. The Balaban J connectivity index is 0.861. The molecular formula is C59H82N2O12. The molecule has 1 aromatic carbocycles. The van der Waals surface area contributed by atoms with Gasteiger partial charge in [0.15, 0.2) is 17.6 Å². The van der Waals surface area contributed by atoms with Crippen LogP contribution < -0.4 is 4.74 Å². The van der Waals surface area contributed by atoms with Crippen molar-refractivity contribution in [3.8, 4) is 11.5 Å². The summed E-state index contributed by atoms with van der Waals surface area (Å²) in [6.07, 6.45) is 12.5. The minimum absolute atomic E-state index is 0.00599. The fraction of sp³-hybridized carbons (Fsp3) is 0.729. The van der Waals surface area contributed by atoms with Gasteiger partial charge in [-0.05, 0) is 141 Å². The van der Waals surface area contributed by atoms with E-state index in [9.17, 15) is 29.1 Å². The second kappa shape index (κ2) is 18.7. The largest absolute Gasteiger partial charge is 0.504 e. The van der Waals surface area contributed by atoms with Gasteiger partial charge in [0.25, 0.3) is 0 Å². The van der Waals surface area contributed by atoms with Crippen molar-refractivity contribution in [1.29, 1.82) is 0 Å². The predicted octanol–water partition coefficient (Wildman–Crippen LogP) is 10.4. The number of carbonyl (C=O) groups excluding carboxylic acids is 5. The number of hydrogen-bond acceptors (Lipinski definition) is 13. The summed E-state index contributed by atoms with van der Waals surface area (Å²) in [5.41, 5.74) is 3.34. The van der Waals surface area contributed by atoms with Crippen LogP contribution in [-0.4, -0.2) is 91.6 Å². The van der Waals surface area contributed by atoms with E-state index in [0.717, 1.165) is 81.1 Å². The fourth-order valence-electron chi connectivity index (χ4n) is 17.5. The number of benzene rings is 1. The topological polar surface area (TPSA) is 177 Å². The van der Waals surface area contributed by atoms with Crippen LogP contribution in [0.4, 0.5) is 0 Å². The molecule has 0 aromatic heterocycles. The first-order valence-electron chi connectivity index (χ1n) is 27.3. The number of amides is 1. The molecule has 1 heterocycles. The quantitative estimate of drug-likeness (QED) is 0.0555. The highest BCUT2D eigenvalue weighted by atomic mass is 16.7. The Morgan fingerprint density at radius 2 is 1.52 bits per heavy atom. The highest BCUT2D eigenvalue weighted by Crippen LogP contribution is 2.76. The van der Waals surface area contributed by atoms with Gasteiger partial charge in [-0.2, -0.15) is 0 Å². The van der Waals surface area contributed by atoms with E-state index in [-0.39, 0.29) is 69.9 Å². The number of hydrogen-bond donors (Lipinski definition) is 1. The second-order valence-corrected chi connectivity index (χ2v) is 25.4. The Hall–Kier alpha value is -4.88. The molecule has 7 aliphatic carbocycles. The molecule has 9 rings (SSSR count). The number of rotatable bonds is 11. The third kappa shape index (κ3) is 8.22. The molecule has 11 atom stereocenters. The van der Waals surface area contributed by atoms with Gasteiger partial charge in [0.2, 0.25) is 5.91 Å². The second-order valence-electron chi connectivity index (χ2n) is 25.4. The molecule has 2 unspecified atom stereocenters. The van der Waals surface area contributed by atoms with Crippen molar-refractivity contribution in [3.05, 3.63) is 46.2 Å². The van der Waals surface area contributed by atoms with Crippen molar-refractivity contribution in [3.63, 3.8) is 0 Å². The molecule has 1 amide bonds. The molecule has 14 nitrogen and oxygen atoms in total. The van der Waals surface area contributed by atoms with Crippen LogP contribution in [0, 0.1) is 50.2 Å². The first-order valence-corrected chi connectivity index (χ1v) is 27.3. The van der Waals surface area contributed by atoms with Crippen LogP contribution >= 0.6 is 0 Å². The molecule has 1 N–H and O–H groups in total. The highest BCUT2D eigenvalue weighted by molar-refractivity contribution is 5.91. The predicted molar refractivity (Wildman–Crippen MR) is 273 cm³/mol. The van der Waals surface area contributed by atoms with E-state index >= 15 is 0 Å². The van der Waals surface area contributed by atoms with E-state index < -0.39 is 47.0 Å². The number of aromatic hydroxyl groups is 1. The van der Waals surface area contributed by atoms with Crippen LogP contribution in [0.3, 0.4) is 0 Å². The van der Waals surface area contributed by atoms with Gasteiger partial charge in [-0.15, -0.1) is 0 Å². The number of allylic oxidation sites excluding steroid dienone is 2. The number of nitrogens with zero attached hydrogens (tertiary/aromatic N) is 2. The molecule has 400 valence electrons. The van der Waals surface area contributed by atoms with Gasteiger partial charge in [0, 0.05) is 61.6 Å². The number of unbranched alkanes of at least 4 members (excludes halogenated alkanes) is 1. The number of piperidine rings is 1. The first-order chi connectivity index (χ1) is 34.4. The number of methoxy groups -OCH3 is 3. The van der Waals surface area contributed by atoms with Crippen molar-refractivity contribution in [2.24, 2.45) is 55.4 Å². The minimum atomic E-state index is -1.05. The average Bonchev–Trinajstić information content (AvgIpc) is 3.32. The van der Waals surface area contributed by atoms with Crippen molar-refractivity contribution >= 4 is 35.5 Å². The lowest BCUT2D eigenvalue weighted by Gasteiger charge is -2.70. The van der Waals surface area contributed by atoms with Gasteiger partial charge in [0.05, 0.1) is 38.5 Å². The third-order valence-electron chi connectivity index (χ3n) is 21.2. The normalized spacial score (nSPS) is 37.1. The molecule has 4 saturated carbocycles. The van der Waals surface area contributed by atoms with E-state index in [4.69, 9.17) is 28.5 Å². The van der Waals surface area contributed by atoms with E-state index in [1.54, 1.807) is 13.2 Å². The van der Waals surface area contributed by atoms with Gasteiger partial charge in [-0.3, -0.25) is 19.2 Å². The number of likely N-dealkylation sites (tertiary alicyclic amines) is 1. The van der Waals surface area contributed by atoms with Gasteiger partial charge >= 0.3 is 23.9 Å². The minimum Gasteiger partial charge on any atom is -0.504 e. The van der Waals surface area contributed by atoms with Gasteiger partial charge in [0.1, 0.15) is 11.9 Å². The molecule has 1 aromatic rings. The molecule has 0 radical (unpaired) electrons. The average molecular weight is 1010 g/mol. The summed E-state index contributed by atoms with van der Waals surface area (Å²) >= 11 is 0. The molecular weight excluding hydrogens is 929 g/mol. The van der Waals surface area contributed by atoms with E-state index in [0.29, 0.717) is 61.1 Å². The zero-order chi connectivity index (χ0) is 52.8. The lowest BCUT2D eigenvalue weighted by Crippen LogP contribution is -2.64. The molecule has 8 aliphatic rings. The maximum absolute atomic E-state index is 14.3. The van der Waals surface area contributed by atoms with Crippen LogP contribution in [0.15, 0.2) is 40.3 Å². The monoisotopic (exact) mass is 1010 g/mol. The smallest absolute Gasteiger partial charge is 0.335 e. The highest BCUT2D eigenvalue weighted by Gasteiger charge is 2.69. The number of oxime groups is 1. The Kier molecular flexibility index (Phi) is 13.6. The number of fused-ring (bicyclic) bond motifs is 8. The molecule has 1 saturated heterocycles. The Labute approximate surface area is 432 Å². The summed E-state index contributed by atoms with van der Waals surface area (Å²) in [4.78, 5) is 73.9. The summed E-state index contributed by atoms with van der Waals surface area (Å²) in [5, 5.41) is 16.3. The molecule has 2 bridgehead atoms. The zero-order valence-corrected chi connectivity index (χ0v) is 45.8. The summed E-state index contributed by atoms with van der Waals surface area (Å²) < 4.78 is 28.8. The van der Waals surface area contributed by atoms with E-state index in [1.165, 1.54) is 33.6 Å². The van der Waals surface area contributed by atoms with Crippen molar-refractivity contribution in [2.75, 3.05) is 27.9 Å². The van der Waals surface area contributed by atoms with Crippen LogP contribution in [0.5, 0.6) is 11.5 Å². The Morgan fingerprint density at radius 3 is 2.21 bits per heavy atom. The lowest BCUT2D eigenvalue weighted by molar-refractivity contribution is -0.181. The Morgan fingerprint density at radius 1 is 0.808 bits per heavy atom. The van der Waals surface area contributed by atoms with E-state index in [2.05, 4.69) is 59.7 Å². The number of phenols is 1. The summed E-state index contributed by atoms with van der Waals surface area (Å²) in [6, 6.07) is 3.12. The standard InChI is InChI=1S/C59H82N2O12/c1-34(62)71-41-33-59-29-30-61(39(48(59)51(69-11)50(41)72-35(2)63)31-36-17-19-40(68-10)49(66)47(36)59)45(64)15-13-14-16-46(65)73-60-44-22-23-55(7)42(54(44,5)6)21-24-57(9)43(55)20-18-37-38-32-53(3,4)25-27-58(38,52(67)70-12)28-26-56(37,57)8/h17-19,38-39,41-43,50,66H,13-16,20-33H2,1-12H3/b60-44+/t38-,39-,41?,42-,43+,50?,55-,56+,57+,58-,59-/m0/s1. The molecule has 14 heteroatoms. The first kappa shape index (κ1) is 53.0. The maximum atomic E-state index is 14.3. The van der Waals surface area contributed by atoms with Gasteiger partial charge in [-0.25, -0.2) is 4.79 Å². The van der Waals surface area contributed by atoms with Crippen molar-refractivity contribution in [1.82, 2.24) is 4.90 Å². The summed E-state index contributed by atoms with van der Waals surface area (Å²) in [6.45, 7) is 19.9. The molecule has 1 aliphatic heterocycles. The van der Waals surface area contributed by atoms with Crippen LogP contribution in [0.1, 0.15) is 176 Å². The van der Waals surface area contributed by atoms with Crippen LogP contribution in [0.2, 0.25) is 0 Å². The Bertz CT molecular complexity index is 2540. The van der Waals surface area contributed by atoms with E-state index in [1.807, 2.05) is 11.0 Å². The van der Waals surface area contributed by atoms with Crippen LogP contribution in [-0.2, 0) is 59.6 Å². The number of phenolic OH excluding ortho intramolecular Hbond substituents is 1. The van der Waals surface area contributed by atoms with Gasteiger partial charge < -0.3 is 38.5 Å². The SMILES string of the molecule is COC(=O)[C@]12CCC(C)(C)C[C@H]1C1=CC[C@@H]3[C@@]4(C)CC/C(=N\OC(=O)CCCCC(=O)N5CC[C@@]67CC(OC(C)=O)C(OC(C)=O)C(OC)=C6[C@@H]5Cc5ccc(OC)c(O)c57)C(C)(C)[C@@H]4CC[C@@]3(C)[C@]1(C)CC2. The fourth-order valence-corrected chi connectivity index (χ4v) is 17.5. The van der Waals surface area contributed by atoms with Crippen LogP contribution in [0.25, 0.3) is 0 Å². The summed E-state index contributed by atoms with van der Waals surface area (Å²) in [7, 11) is 4.53.